The van der Waals surface area contributed by atoms with Crippen molar-refractivity contribution in [1.82, 2.24) is 15.8 Å². The lowest BCUT2D eigenvalue weighted by Gasteiger charge is -2.21. The van der Waals surface area contributed by atoms with Crippen LogP contribution >= 0.6 is 0 Å². The summed E-state index contributed by atoms with van der Waals surface area (Å²) in [5.74, 6) is -4.15. The number of carbonyl (C=O) groups excluding carboxylic acids is 3. The molecule has 0 radical (unpaired) electrons. The molecule has 2 rings (SSSR count). The molecule has 12 nitrogen and oxygen atoms in total. The summed E-state index contributed by atoms with van der Waals surface area (Å²) in [5.41, 5.74) is 6.55. The van der Waals surface area contributed by atoms with Gasteiger partial charge in [0.25, 0.3) is 0 Å². The maximum absolute atomic E-state index is 12.6. The lowest BCUT2D eigenvalue weighted by molar-refractivity contribution is -0.139. The molecule has 0 saturated carbocycles. The first-order valence-electron chi connectivity index (χ1n) is 10.5. The molecule has 1 aromatic heterocycles. The van der Waals surface area contributed by atoms with E-state index in [0.717, 1.165) is 5.56 Å². The molecule has 2 aromatic rings. The van der Waals surface area contributed by atoms with Crippen molar-refractivity contribution in [3.8, 4) is 11.3 Å². The van der Waals surface area contributed by atoms with Gasteiger partial charge in [-0.15, -0.1) is 0 Å². The number of nitrogens with two attached hydrogens (primary N) is 1. The van der Waals surface area contributed by atoms with Crippen molar-refractivity contribution in [2.24, 2.45) is 5.73 Å². The Morgan fingerprint density at radius 1 is 0.912 bits per heavy atom. The van der Waals surface area contributed by atoms with E-state index in [2.05, 4.69) is 15.8 Å². The molecule has 0 bridgehead atoms. The molecule has 2 atom stereocenters. The Balaban J connectivity index is 1.96. The van der Waals surface area contributed by atoms with Gasteiger partial charge in [-0.1, -0.05) is 35.5 Å². The summed E-state index contributed by atoms with van der Waals surface area (Å²) in [6, 6.07) is 8.40. The first kappa shape index (κ1) is 26.0. The van der Waals surface area contributed by atoms with Crippen LogP contribution in [0, 0.1) is 0 Å². The van der Waals surface area contributed by atoms with Gasteiger partial charge in [-0.3, -0.25) is 24.0 Å². The van der Waals surface area contributed by atoms with Gasteiger partial charge < -0.3 is 31.1 Å². The van der Waals surface area contributed by atoms with E-state index in [1.54, 1.807) is 6.07 Å². The smallest absolute Gasteiger partial charge is 0.303 e. The van der Waals surface area contributed by atoms with E-state index in [1.807, 2.05) is 30.3 Å². The number of nitrogens with one attached hydrogen (secondary N) is 2. The standard InChI is InChI=1S/C22H26N4O8/c23-21(32)15(7-10-19(28)29)25-22(33)16(8-11-20(30)31)24-18(27)9-6-14-12-17(34-26-14)13-4-2-1-3-5-13/h1-5,12,15-16H,6-11H2,(H2,23,32)(H,24,27)(H,25,33)(H,28,29)(H,30,31)/t15-,16?/m0/s1. The van der Waals surface area contributed by atoms with Crippen LogP contribution in [0.3, 0.4) is 0 Å². The van der Waals surface area contributed by atoms with Crippen molar-refractivity contribution in [2.45, 2.75) is 50.6 Å². The number of nitrogens with zero attached hydrogens (tertiary/aromatic N) is 1. The number of rotatable bonds is 14. The van der Waals surface area contributed by atoms with Gasteiger partial charge >= 0.3 is 11.9 Å². The molecule has 12 heteroatoms. The lowest BCUT2D eigenvalue weighted by atomic mass is 10.1. The molecular formula is C22H26N4O8. The molecule has 0 fully saturated rings. The van der Waals surface area contributed by atoms with Crippen LogP contribution in [0.5, 0.6) is 0 Å². The second-order valence-corrected chi connectivity index (χ2v) is 7.50. The lowest BCUT2D eigenvalue weighted by Crippen LogP contribution is -2.53. The van der Waals surface area contributed by atoms with Crippen molar-refractivity contribution in [3.63, 3.8) is 0 Å². The minimum absolute atomic E-state index is 0.0596. The zero-order valence-corrected chi connectivity index (χ0v) is 18.2. The first-order valence-corrected chi connectivity index (χ1v) is 10.5. The number of carboxylic acid groups (broad SMARTS) is 2. The van der Waals surface area contributed by atoms with E-state index in [4.69, 9.17) is 20.5 Å². The summed E-state index contributed by atoms with van der Waals surface area (Å²) in [6.45, 7) is 0. The Labute approximate surface area is 194 Å². The maximum Gasteiger partial charge on any atom is 0.303 e. The maximum atomic E-state index is 12.6. The zero-order chi connectivity index (χ0) is 25.1. The second kappa shape index (κ2) is 12.7. The van der Waals surface area contributed by atoms with E-state index in [0.29, 0.717) is 11.5 Å². The first-order chi connectivity index (χ1) is 16.2. The predicted octanol–water partition coefficient (Wildman–Crippen LogP) is 0.459. The molecule has 0 saturated heterocycles. The van der Waals surface area contributed by atoms with Gasteiger partial charge in [0.05, 0.1) is 5.69 Å². The van der Waals surface area contributed by atoms with Crippen LogP contribution in [0.2, 0.25) is 0 Å². The average Bonchev–Trinajstić information content (AvgIpc) is 3.27. The van der Waals surface area contributed by atoms with Crippen molar-refractivity contribution in [1.29, 1.82) is 0 Å². The Morgan fingerprint density at radius 3 is 2.12 bits per heavy atom. The van der Waals surface area contributed by atoms with Gasteiger partial charge in [-0.2, -0.15) is 0 Å². The highest BCUT2D eigenvalue weighted by Gasteiger charge is 2.26. The van der Waals surface area contributed by atoms with Crippen molar-refractivity contribution >= 4 is 29.7 Å². The molecule has 3 amide bonds. The molecule has 0 aliphatic carbocycles. The molecule has 34 heavy (non-hydrogen) atoms. The third kappa shape index (κ3) is 8.73. The Kier molecular flexibility index (Phi) is 9.74. The number of aromatic nitrogens is 1. The van der Waals surface area contributed by atoms with Gasteiger partial charge in [0.15, 0.2) is 5.76 Å². The molecular weight excluding hydrogens is 448 g/mol. The van der Waals surface area contributed by atoms with Crippen molar-refractivity contribution < 1.29 is 38.7 Å². The Bertz CT molecular complexity index is 1020. The number of hydrogen-bond acceptors (Lipinski definition) is 7. The summed E-state index contributed by atoms with van der Waals surface area (Å²) in [5, 5.41) is 26.4. The molecule has 1 aromatic carbocycles. The molecule has 0 spiro atoms. The highest BCUT2D eigenvalue weighted by molar-refractivity contribution is 5.92. The average molecular weight is 474 g/mol. The SMILES string of the molecule is NC(=O)[C@H](CCC(=O)O)NC(=O)C(CCC(=O)O)NC(=O)CCc1cc(-c2ccccc2)on1. The molecule has 0 aliphatic rings. The number of carboxylic acids is 2. The molecule has 1 unspecified atom stereocenters. The van der Waals surface area contributed by atoms with Gasteiger partial charge in [0, 0.05) is 37.3 Å². The fraction of sp³-hybridized carbons (Fsp3) is 0.364. The normalized spacial score (nSPS) is 12.4. The number of benzene rings is 1. The van der Waals surface area contributed by atoms with Crippen molar-refractivity contribution in [3.05, 3.63) is 42.1 Å². The summed E-state index contributed by atoms with van der Waals surface area (Å²) in [4.78, 5) is 58.2. The number of aliphatic carboxylic acids is 2. The van der Waals surface area contributed by atoms with Crippen LogP contribution < -0.4 is 16.4 Å². The Morgan fingerprint density at radius 2 is 1.53 bits per heavy atom. The van der Waals surface area contributed by atoms with E-state index in [-0.39, 0.29) is 25.7 Å². The second-order valence-electron chi connectivity index (χ2n) is 7.50. The largest absolute Gasteiger partial charge is 0.481 e. The molecule has 6 N–H and O–H groups in total. The van der Waals surface area contributed by atoms with E-state index < -0.39 is 54.6 Å². The van der Waals surface area contributed by atoms with Crippen LogP contribution in [-0.4, -0.2) is 57.1 Å². The minimum atomic E-state index is -1.28. The Hall–Kier alpha value is -4.22. The molecule has 182 valence electrons. The van der Waals surface area contributed by atoms with Crippen LogP contribution in [0.15, 0.2) is 40.9 Å². The van der Waals surface area contributed by atoms with Crippen LogP contribution in [-0.2, 0) is 30.4 Å². The fourth-order valence-corrected chi connectivity index (χ4v) is 3.04. The number of carbonyl (C=O) groups is 5. The van der Waals surface area contributed by atoms with E-state index >= 15 is 0 Å². The van der Waals surface area contributed by atoms with Crippen LogP contribution in [0.25, 0.3) is 11.3 Å². The number of amides is 3. The summed E-state index contributed by atoms with van der Waals surface area (Å²) >= 11 is 0. The van der Waals surface area contributed by atoms with Gasteiger partial charge in [-0.05, 0) is 12.8 Å². The van der Waals surface area contributed by atoms with Gasteiger partial charge in [-0.25, -0.2) is 0 Å². The highest BCUT2D eigenvalue weighted by atomic mass is 16.5. The van der Waals surface area contributed by atoms with Crippen LogP contribution in [0.4, 0.5) is 0 Å². The highest BCUT2D eigenvalue weighted by Crippen LogP contribution is 2.20. The minimum Gasteiger partial charge on any atom is -0.481 e. The van der Waals surface area contributed by atoms with Crippen LogP contribution in [0.1, 0.15) is 37.8 Å². The number of aryl methyl sites for hydroxylation is 1. The third-order valence-corrected chi connectivity index (χ3v) is 4.83. The quantitative estimate of drug-likeness (QED) is 0.258. The van der Waals surface area contributed by atoms with E-state index in [9.17, 15) is 24.0 Å². The zero-order valence-electron chi connectivity index (χ0n) is 18.2. The third-order valence-electron chi connectivity index (χ3n) is 4.83. The van der Waals surface area contributed by atoms with Crippen molar-refractivity contribution in [2.75, 3.05) is 0 Å². The summed E-state index contributed by atoms with van der Waals surface area (Å²) in [7, 11) is 0. The monoisotopic (exact) mass is 474 g/mol. The fourth-order valence-electron chi connectivity index (χ4n) is 3.04. The van der Waals surface area contributed by atoms with Gasteiger partial charge in [0.1, 0.15) is 12.1 Å². The topological polar surface area (TPSA) is 202 Å². The molecule has 0 aliphatic heterocycles. The molecule has 1 heterocycles. The summed E-state index contributed by atoms with van der Waals surface area (Å²) in [6.07, 6.45) is -1.17. The van der Waals surface area contributed by atoms with Gasteiger partial charge in [0.2, 0.25) is 17.7 Å². The number of hydrogen-bond donors (Lipinski definition) is 5. The van der Waals surface area contributed by atoms with E-state index in [1.165, 1.54) is 0 Å². The predicted molar refractivity (Wildman–Crippen MR) is 117 cm³/mol. The number of primary amides is 1. The summed E-state index contributed by atoms with van der Waals surface area (Å²) < 4.78 is 5.28.